The summed E-state index contributed by atoms with van der Waals surface area (Å²) in [7, 11) is 0. The number of nitrogen functional groups attached to an aromatic ring is 1. The monoisotopic (exact) mass is 338 g/mol. The lowest BCUT2D eigenvalue weighted by molar-refractivity contribution is -0.151. The highest BCUT2D eigenvalue weighted by molar-refractivity contribution is 6.39. The van der Waals surface area contributed by atoms with Crippen LogP contribution in [0.1, 0.15) is 33.1 Å². The number of hydrogen-bond acceptors (Lipinski definition) is 5. The molecule has 5 nitrogen and oxygen atoms in total. The van der Waals surface area contributed by atoms with Crippen LogP contribution in [0.15, 0.2) is 0 Å². The van der Waals surface area contributed by atoms with E-state index in [1.807, 2.05) is 6.92 Å². The molecule has 0 unspecified atom stereocenters. The van der Waals surface area contributed by atoms with Gasteiger partial charge in [-0.2, -0.15) is 9.37 Å². The molecule has 118 valence electrons. The lowest BCUT2D eigenvalue weighted by Gasteiger charge is -2.15. The highest BCUT2D eigenvalue weighted by atomic mass is 35.5. The molecule has 1 heterocycles. The molecule has 0 spiro atoms. The second-order valence-electron chi connectivity index (χ2n) is 4.38. The van der Waals surface area contributed by atoms with Crippen molar-refractivity contribution in [3.63, 3.8) is 0 Å². The molecule has 21 heavy (non-hydrogen) atoms. The van der Waals surface area contributed by atoms with Crippen LogP contribution in [-0.4, -0.2) is 23.7 Å². The molecule has 0 aromatic carbocycles. The maximum Gasteiger partial charge on any atom is 0.347 e. The van der Waals surface area contributed by atoms with Crippen molar-refractivity contribution >= 4 is 34.9 Å². The summed E-state index contributed by atoms with van der Waals surface area (Å²) in [5.74, 6) is -1.90. The molecule has 0 amide bonds. The molecule has 0 aliphatic heterocycles. The zero-order valence-corrected chi connectivity index (χ0v) is 13.3. The number of anilines is 1. The standard InChI is InChI=1S/C13H17Cl2FN2O3/c1-3-4-5-6-20-13(19)7(2)21-12-9(15)10(17)8(14)11(16)18-12/h7H,3-6H2,1-2H3,(H2,17,18)/t7-/m1/s1. The lowest BCUT2D eigenvalue weighted by Crippen LogP contribution is -2.27. The molecule has 0 bridgehead atoms. The fourth-order valence-corrected chi connectivity index (χ4v) is 1.81. The molecule has 0 aliphatic carbocycles. The van der Waals surface area contributed by atoms with E-state index in [2.05, 4.69) is 4.98 Å². The number of rotatable bonds is 7. The van der Waals surface area contributed by atoms with Gasteiger partial charge >= 0.3 is 5.97 Å². The van der Waals surface area contributed by atoms with E-state index in [1.165, 1.54) is 6.92 Å². The third kappa shape index (κ3) is 4.89. The number of nitrogens with zero attached hydrogens (tertiary/aromatic N) is 1. The Morgan fingerprint density at radius 2 is 2.05 bits per heavy atom. The highest BCUT2D eigenvalue weighted by Gasteiger charge is 2.22. The third-order valence-corrected chi connectivity index (χ3v) is 3.38. The Morgan fingerprint density at radius 1 is 1.38 bits per heavy atom. The maximum atomic E-state index is 13.4. The molecule has 1 aromatic heterocycles. The fourth-order valence-electron chi connectivity index (χ4n) is 1.45. The fraction of sp³-hybridized carbons (Fsp3) is 0.538. The number of pyridine rings is 1. The number of unbranched alkanes of at least 4 members (excludes halogenated alkanes) is 2. The number of hydrogen-bond donors (Lipinski definition) is 1. The first kappa shape index (κ1) is 17.8. The van der Waals surface area contributed by atoms with Crippen molar-refractivity contribution in [3.8, 4) is 5.88 Å². The Balaban J connectivity index is 2.66. The van der Waals surface area contributed by atoms with Gasteiger partial charge in [0, 0.05) is 0 Å². The van der Waals surface area contributed by atoms with Crippen molar-refractivity contribution in [2.45, 2.75) is 39.2 Å². The van der Waals surface area contributed by atoms with Gasteiger partial charge in [-0.3, -0.25) is 0 Å². The van der Waals surface area contributed by atoms with Gasteiger partial charge in [0.15, 0.2) is 6.10 Å². The topological polar surface area (TPSA) is 74.4 Å². The van der Waals surface area contributed by atoms with Crippen LogP contribution in [0.3, 0.4) is 0 Å². The SMILES string of the molecule is CCCCCOC(=O)[C@@H](C)Oc1nc(F)c(Cl)c(N)c1Cl. The van der Waals surface area contributed by atoms with Crippen molar-refractivity contribution in [2.75, 3.05) is 12.3 Å². The summed E-state index contributed by atoms with van der Waals surface area (Å²) >= 11 is 11.4. The summed E-state index contributed by atoms with van der Waals surface area (Å²) < 4.78 is 23.6. The molecule has 0 aliphatic rings. The van der Waals surface area contributed by atoms with Gasteiger partial charge in [0.1, 0.15) is 10.0 Å². The number of carbonyl (C=O) groups excluding carboxylic acids is 1. The van der Waals surface area contributed by atoms with Crippen LogP contribution < -0.4 is 10.5 Å². The smallest absolute Gasteiger partial charge is 0.347 e. The van der Waals surface area contributed by atoms with E-state index in [9.17, 15) is 9.18 Å². The number of ether oxygens (including phenoxy) is 2. The maximum absolute atomic E-state index is 13.4. The van der Waals surface area contributed by atoms with Gasteiger partial charge in [0.25, 0.3) is 0 Å². The van der Waals surface area contributed by atoms with Gasteiger partial charge in [0.2, 0.25) is 11.8 Å². The minimum absolute atomic E-state index is 0.146. The zero-order valence-electron chi connectivity index (χ0n) is 11.8. The molecule has 1 aromatic rings. The van der Waals surface area contributed by atoms with E-state index in [0.29, 0.717) is 6.61 Å². The van der Waals surface area contributed by atoms with E-state index >= 15 is 0 Å². The van der Waals surface area contributed by atoms with Crippen molar-refractivity contribution in [1.82, 2.24) is 4.98 Å². The van der Waals surface area contributed by atoms with Crippen LogP contribution in [0, 0.1) is 5.95 Å². The average Bonchev–Trinajstić information content (AvgIpc) is 2.46. The molecule has 0 saturated carbocycles. The first-order chi connectivity index (χ1) is 9.88. The Labute approximate surface area is 132 Å². The molecule has 1 rings (SSSR count). The zero-order chi connectivity index (χ0) is 16.0. The predicted octanol–water partition coefficient (Wildman–Crippen LogP) is 3.61. The molecular formula is C13H17Cl2FN2O3. The van der Waals surface area contributed by atoms with Crippen molar-refractivity contribution in [2.24, 2.45) is 0 Å². The Kier molecular flexibility index (Phi) is 6.98. The second-order valence-corrected chi connectivity index (χ2v) is 5.14. The summed E-state index contributed by atoms with van der Waals surface area (Å²) in [6, 6.07) is 0. The summed E-state index contributed by atoms with van der Waals surface area (Å²) in [5, 5.41) is -0.533. The first-order valence-corrected chi connectivity index (χ1v) is 7.27. The molecule has 8 heteroatoms. The molecule has 0 radical (unpaired) electrons. The van der Waals surface area contributed by atoms with Gasteiger partial charge in [-0.15, -0.1) is 0 Å². The molecule has 0 fully saturated rings. The quantitative estimate of drug-likeness (QED) is 0.467. The first-order valence-electron chi connectivity index (χ1n) is 6.51. The van der Waals surface area contributed by atoms with E-state index < -0.39 is 18.0 Å². The van der Waals surface area contributed by atoms with Gasteiger partial charge in [-0.05, 0) is 13.3 Å². The van der Waals surface area contributed by atoms with E-state index in [-0.39, 0.29) is 21.6 Å². The van der Waals surface area contributed by atoms with Crippen LogP contribution in [0.25, 0.3) is 0 Å². The van der Waals surface area contributed by atoms with Crippen LogP contribution >= 0.6 is 23.2 Å². The van der Waals surface area contributed by atoms with E-state index in [1.54, 1.807) is 0 Å². The second kappa shape index (κ2) is 8.24. The Bertz CT molecular complexity index is 515. The third-order valence-electron chi connectivity index (χ3n) is 2.65. The van der Waals surface area contributed by atoms with E-state index in [4.69, 9.17) is 38.4 Å². The Morgan fingerprint density at radius 3 is 2.67 bits per heavy atom. The minimum Gasteiger partial charge on any atom is -0.463 e. The van der Waals surface area contributed by atoms with Crippen LogP contribution in [-0.2, 0) is 9.53 Å². The van der Waals surface area contributed by atoms with Crippen molar-refractivity contribution in [1.29, 1.82) is 0 Å². The van der Waals surface area contributed by atoms with E-state index in [0.717, 1.165) is 19.3 Å². The van der Waals surface area contributed by atoms with Gasteiger partial charge in [-0.25, -0.2) is 4.79 Å². The minimum atomic E-state index is -1.02. The average molecular weight is 339 g/mol. The molecule has 2 N–H and O–H groups in total. The lowest BCUT2D eigenvalue weighted by atomic mass is 10.3. The van der Waals surface area contributed by atoms with Crippen LogP contribution in [0.5, 0.6) is 5.88 Å². The normalized spacial score (nSPS) is 12.0. The molecular weight excluding hydrogens is 322 g/mol. The summed E-state index contributed by atoms with van der Waals surface area (Å²) in [6.45, 7) is 3.79. The largest absolute Gasteiger partial charge is 0.463 e. The summed E-state index contributed by atoms with van der Waals surface area (Å²) in [5.41, 5.74) is 5.32. The van der Waals surface area contributed by atoms with Crippen molar-refractivity contribution in [3.05, 3.63) is 16.0 Å². The van der Waals surface area contributed by atoms with Crippen LogP contribution in [0.2, 0.25) is 10.0 Å². The van der Waals surface area contributed by atoms with Crippen molar-refractivity contribution < 1.29 is 18.7 Å². The number of halogens is 3. The summed E-state index contributed by atoms with van der Waals surface area (Å²) in [4.78, 5) is 15.1. The van der Waals surface area contributed by atoms with Gasteiger partial charge in [0.05, 0.1) is 12.3 Å². The van der Waals surface area contributed by atoms with Crippen LogP contribution in [0.4, 0.5) is 10.1 Å². The molecule has 1 atom stereocenters. The molecule has 0 saturated heterocycles. The van der Waals surface area contributed by atoms with Gasteiger partial charge in [-0.1, -0.05) is 43.0 Å². The number of aromatic nitrogens is 1. The Hall–Kier alpha value is -1.27. The highest BCUT2D eigenvalue weighted by Crippen LogP contribution is 2.35. The number of esters is 1. The predicted molar refractivity (Wildman–Crippen MR) is 79.2 cm³/mol. The van der Waals surface area contributed by atoms with Gasteiger partial charge < -0.3 is 15.2 Å². The summed E-state index contributed by atoms with van der Waals surface area (Å²) in [6.07, 6.45) is 1.77. The number of nitrogens with two attached hydrogens (primary N) is 1. The number of carbonyl (C=O) groups is 1.